The molecule has 0 radical (unpaired) electrons. The van der Waals surface area contributed by atoms with Crippen molar-refractivity contribution in [2.75, 3.05) is 25.8 Å². The van der Waals surface area contributed by atoms with Crippen molar-refractivity contribution in [1.82, 2.24) is 25.8 Å². The molecule has 4 N–H and O–H groups in total. The SMILES string of the molecule is CCCC[C@@H]1NC(=O)[C@@H]2CCCN2C(=O)CCP(=O)(O)[C@@H](Cc2ccccc2)NC(=O)[C@@H]2CCCN2C(=O)CNC1=O. The van der Waals surface area contributed by atoms with E-state index in [2.05, 4.69) is 16.0 Å². The average molecular weight is 604 g/mol. The average Bonchev–Trinajstić information content (AvgIpc) is 3.67. The van der Waals surface area contributed by atoms with Crippen LogP contribution in [0.4, 0.5) is 0 Å². The molecule has 3 aliphatic heterocycles. The van der Waals surface area contributed by atoms with Crippen molar-refractivity contribution in [2.45, 2.75) is 88.6 Å². The molecule has 13 heteroatoms. The van der Waals surface area contributed by atoms with Gasteiger partial charge in [0, 0.05) is 32.1 Å². The predicted octanol–water partition coefficient (Wildman–Crippen LogP) is 1.12. The van der Waals surface area contributed by atoms with Crippen LogP contribution in [0.5, 0.6) is 0 Å². The molecular formula is C29H42N5O7P. The van der Waals surface area contributed by atoms with Gasteiger partial charge in [-0.2, -0.15) is 0 Å². The maximum atomic E-state index is 13.7. The molecule has 1 aromatic rings. The van der Waals surface area contributed by atoms with E-state index in [1.807, 2.05) is 13.0 Å². The number of hydrogen-bond acceptors (Lipinski definition) is 6. The summed E-state index contributed by atoms with van der Waals surface area (Å²) in [6.45, 7) is 2.26. The first-order valence-corrected chi connectivity index (χ1v) is 16.8. The van der Waals surface area contributed by atoms with Crippen LogP contribution in [0.2, 0.25) is 0 Å². The van der Waals surface area contributed by atoms with Crippen molar-refractivity contribution < 1.29 is 33.4 Å². The predicted molar refractivity (Wildman–Crippen MR) is 155 cm³/mol. The third-order valence-electron chi connectivity index (χ3n) is 8.36. The Kier molecular flexibility index (Phi) is 10.8. The number of amides is 5. The topological polar surface area (TPSA) is 165 Å². The Hall–Kier alpha value is -3.24. The highest BCUT2D eigenvalue weighted by Crippen LogP contribution is 2.47. The molecule has 230 valence electrons. The van der Waals surface area contributed by atoms with Crippen LogP contribution >= 0.6 is 7.37 Å². The van der Waals surface area contributed by atoms with Crippen LogP contribution in [-0.4, -0.2) is 93.9 Å². The van der Waals surface area contributed by atoms with Gasteiger partial charge in [-0.1, -0.05) is 50.1 Å². The molecule has 0 aliphatic carbocycles. The lowest BCUT2D eigenvalue weighted by Crippen LogP contribution is -2.55. The second kappa shape index (κ2) is 14.3. The van der Waals surface area contributed by atoms with Gasteiger partial charge in [-0.25, -0.2) is 0 Å². The maximum absolute atomic E-state index is 13.7. The van der Waals surface area contributed by atoms with Crippen LogP contribution in [0, 0.1) is 0 Å². The highest BCUT2D eigenvalue weighted by molar-refractivity contribution is 7.58. The first-order chi connectivity index (χ1) is 20.1. The zero-order valence-corrected chi connectivity index (χ0v) is 25.0. The number of fused-ring (bicyclic) bond motifs is 2. The molecule has 1 unspecified atom stereocenters. The van der Waals surface area contributed by atoms with Gasteiger partial charge in [-0.05, 0) is 37.7 Å². The Bertz CT molecular complexity index is 1210. The quantitative estimate of drug-likeness (QED) is 0.366. The summed E-state index contributed by atoms with van der Waals surface area (Å²) in [6, 6.07) is 6.46. The maximum Gasteiger partial charge on any atom is 0.243 e. The summed E-state index contributed by atoms with van der Waals surface area (Å²) < 4.78 is 13.7. The van der Waals surface area contributed by atoms with Crippen LogP contribution in [-0.2, 0) is 35.0 Å². The van der Waals surface area contributed by atoms with Crippen molar-refractivity contribution in [3.05, 3.63) is 35.9 Å². The minimum Gasteiger partial charge on any atom is -0.345 e. The Labute approximate surface area is 246 Å². The van der Waals surface area contributed by atoms with Gasteiger partial charge in [0.2, 0.25) is 36.9 Å². The van der Waals surface area contributed by atoms with Gasteiger partial charge in [0.05, 0.1) is 6.54 Å². The van der Waals surface area contributed by atoms with E-state index < -0.39 is 60.8 Å². The summed E-state index contributed by atoms with van der Waals surface area (Å²) in [6.07, 6.45) is 3.21. The van der Waals surface area contributed by atoms with E-state index in [9.17, 15) is 33.4 Å². The van der Waals surface area contributed by atoms with Crippen LogP contribution in [0.25, 0.3) is 0 Å². The number of unbranched alkanes of at least 4 members (excludes halogenated alkanes) is 1. The van der Waals surface area contributed by atoms with Gasteiger partial charge >= 0.3 is 0 Å². The van der Waals surface area contributed by atoms with Crippen LogP contribution in [0.15, 0.2) is 30.3 Å². The Morgan fingerprint density at radius 3 is 2.14 bits per heavy atom. The lowest BCUT2D eigenvalue weighted by Gasteiger charge is -2.30. The molecule has 3 fully saturated rings. The Morgan fingerprint density at radius 1 is 0.881 bits per heavy atom. The molecule has 4 rings (SSSR count). The molecule has 0 spiro atoms. The van der Waals surface area contributed by atoms with Crippen molar-refractivity contribution in [3.8, 4) is 0 Å². The molecule has 3 aliphatic rings. The summed E-state index contributed by atoms with van der Waals surface area (Å²) in [5, 5.41) is 8.14. The monoisotopic (exact) mass is 603 g/mol. The fraction of sp³-hybridized carbons (Fsp3) is 0.621. The largest absolute Gasteiger partial charge is 0.345 e. The molecule has 5 amide bonds. The Balaban J connectivity index is 1.62. The fourth-order valence-electron chi connectivity index (χ4n) is 5.96. The zero-order chi connectivity index (χ0) is 30.3. The summed E-state index contributed by atoms with van der Waals surface area (Å²) in [5.74, 6) is -3.52. The molecule has 0 bridgehead atoms. The van der Waals surface area contributed by atoms with Crippen molar-refractivity contribution in [2.24, 2.45) is 0 Å². The molecule has 5 atom stereocenters. The van der Waals surface area contributed by atoms with E-state index in [-0.39, 0.29) is 25.5 Å². The molecule has 3 saturated heterocycles. The summed E-state index contributed by atoms with van der Waals surface area (Å²) in [4.78, 5) is 80.3. The minimum absolute atomic E-state index is 0.0686. The highest BCUT2D eigenvalue weighted by atomic mass is 31.2. The number of hydrogen-bond donors (Lipinski definition) is 4. The molecule has 0 aromatic heterocycles. The smallest absolute Gasteiger partial charge is 0.243 e. The molecule has 0 saturated carbocycles. The van der Waals surface area contributed by atoms with E-state index in [1.54, 1.807) is 24.3 Å². The van der Waals surface area contributed by atoms with Crippen LogP contribution < -0.4 is 16.0 Å². The number of benzene rings is 1. The number of nitrogens with one attached hydrogen (secondary N) is 3. The first kappa shape index (κ1) is 31.7. The second-order valence-electron chi connectivity index (χ2n) is 11.4. The Morgan fingerprint density at radius 2 is 1.50 bits per heavy atom. The lowest BCUT2D eigenvalue weighted by atomic mass is 10.1. The highest BCUT2D eigenvalue weighted by Gasteiger charge is 2.41. The van der Waals surface area contributed by atoms with E-state index >= 15 is 0 Å². The minimum atomic E-state index is -4.12. The number of carbonyl (C=O) groups excluding carboxylic acids is 5. The normalized spacial score (nSPS) is 30.1. The van der Waals surface area contributed by atoms with Crippen LogP contribution in [0.1, 0.15) is 63.9 Å². The van der Waals surface area contributed by atoms with Gasteiger partial charge in [-0.15, -0.1) is 0 Å². The number of rotatable bonds is 5. The third-order valence-corrected chi connectivity index (χ3v) is 10.5. The number of carbonyl (C=O) groups is 5. The molecule has 42 heavy (non-hydrogen) atoms. The van der Waals surface area contributed by atoms with Gasteiger partial charge in [0.25, 0.3) is 0 Å². The van der Waals surface area contributed by atoms with Gasteiger partial charge in [0.15, 0.2) is 0 Å². The van der Waals surface area contributed by atoms with E-state index in [1.165, 1.54) is 9.80 Å². The number of nitrogens with zero attached hydrogens (tertiary/aromatic N) is 2. The molecule has 12 nitrogen and oxygen atoms in total. The lowest BCUT2D eigenvalue weighted by molar-refractivity contribution is -0.140. The van der Waals surface area contributed by atoms with Crippen molar-refractivity contribution in [1.29, 1.82) is 0 Å². The van der Waals surface area contributed by atoms with Gasteiger partial charge in [0.1, 0.15) is 23.9 Å². The fourth-order valence-corrected chi connectivity index (χ4v) is 7.60. The summed E-state index contributed by atoms with van der Waals surface area (Å²) in [7, 11) is -4.12. The van der Waals surface area contributed by atoms with Gasteiger partial charge < -0.3 is 30.6 Å². The first-order valence-electron chi connectivity index (χ1n) is 14.9. The van der Waals surface area contributed by atoms with E-state index in [0.29, 0.717) is 51.6 Å². The molecular weight excluding hydrogens is 561 g/mol. The van der Waals surface area contributed by atoms with Crippen LogP contribution in [0.3, 0.4) is 0 Å². The van der Waals surface area contributed by atoms with Gasteiger partial charge in [-0.3, -0.25) is 28.5 Å². The van der Waals surface area contributed by atoms with Crippen molar-refractivity contribution in [3.63, 3.8) is 0 Å². The zero-order valence-electron chi connectivity index (χ0n) is 24.1. The second-order valence-corrected chi connectivity index (χ2v) is 13.9. The third kappa shape index (κ3) is 7.77. The standard InChI is InChI=1S/C29H42N5O7P/c1-2-3-11-21-27(37)30-19-26(36)34-16-8-13-23(34)29(39)32-24(18-20-9-5-4-6-10-20)42(40,41)17-14-25(35)33-15-7-12-22(33)28(38)31-21/h4-6,9-10,21-24H,2-3,7-8,11-19H2,1H3,(H,30,37)(H,31,38)(H,32,39)(H,40,41)/t21-,22-,23-,24-/m0/s1. The van der Waals surface area contributed by atoms with Crippen molar-refractivity contribution >= 4 is 36.9 Å². The van der Waals surface area contributed by atoms with E-state index in [4.69, 9.17) is 0 Å². The van der Waals surface area contributed by atoms with E-state index in [0.717, 1.165) is 12.0 Å². The molecule has 3 heterocycles. The summed E-state index contributed by atoms with van der Waals surface area (Å²) in [5.41, 5.74) is 0.738. The molecule has 1 aromatic carbocycles. The summed E-state index contributed by atoms with van der Waals surface area (Å²) >= 11 is 0.